The molecule has 1 unspecified atom stereocenters. The van der Waals surface area contributed by atoms with Gasteiger partial charge < -0.3 is 0 Å². The second kappa shape index (κ2) is 12.4. The molecule has 3 aromatic carbocycles. The molecule has 39 heavy (non-hydrogen) atoms. The number of allylic oxidation sites excluding steroid dienone is 3. The highest BCUT2D eigenvalue weighted by molar-refractivity contribution is 6.08. The van der Waals surface area contributed by atoms with Crippen LogP contribution in [-0.4, -0.2) is 7.85 Å². The van der Waals surface area contributed by atoms with E-state index in [9.17, 15) is 8.78 Å². The third-order valence-corrected chi connectivity index (χ3v) is 9.02. The van der Waals surface area contributed by atoms with Crippen LogP contribution in [0.2, 0.25) is 0 Å². The Morgan fingerprint density at radius 1 is 0.769 bits per heavy atom. The standard InChI is InChI=1S/C35H36BF3/c1-2-3-4-23-5-7-24(8-6-23)25-9-11-26(12-10-25)29-17-19-31(33(37)21-29)27-13-15-28(16-14-27)32-20-18-30(22-36)34(38)35(32)39/h2,11,13-21,23-25H,1,3-10,12,22H2. The zero-order valence-electron chi connectivity index (χ0n) is 22.6. The number of halogens is 3. The first-order valence-corrected chi connectivity index (χ1v) is 14.4. The smallest absolute Gasteiger partial charge is 0.166 e. The Labute approximate surface area is 232 Å². The third-order valence-electron chi connectivity index (χ3n) is 9.02. The summed E-state index contributed by atoms with van der Waals surface area (Å²) in [5, 5.41) is 0. The van der Waals surface area contributed by atoms with E-state index in [0.29, 0.717) is 16.7 Å². The molecular weight excluding hydrogens is 488 g/mol. The zero-order valence-corrected chi connectivity index (χ0v) is 22.6. The summed E-state index contributed by atoms with van der Waals surface area (Å²) in [4.78, 5) is 0. The summed E-state index contributed by atoms with van der Waals surface area (Å²) in [6.45, 7) is 3.86. The fourth-order valence-corrected chi connectivity index (χ4v) is 6.60. The van der Waals surface area contributed by atoms with E-state index in [1.54, 1.807) is 30.3 Å². The highest BCUT2D eigenvalue weighted by Gasteiger charge is 2.28. The molecule has 0 aromatic heterocycles. The Bertz CT molecular complexity index is 1330. The van der Waals surface area contributed by atoms with E-state index >= 15 is 4.39 Å². The van der Waals surface area contributed by atoms with Crippen molar-refractivity contribution >= 4 is 13.4 Å². The lowest BCUT2D eigenvalue weighted by molar-refractivity contribution is 0.190. The SMILES string of the molecule is [B]Cc1ccc(-c2ccc(-c3ccc(C4=CCC(C5CCC(CCC=C)CC5)CC4)cc3F)cc2)c(F)c1F. The molecule has 3 aromatic rings. The average molecular weight is 524 g/mol. The predicted octanol–water partition coefficient (Wildman–Crippen LogP) is 10.1. The quantitative estimate of drug-likeness (QED) is 0.203. The highest BCUT2D eigenvalue weighted by Crippen LogP contribution is 2.42. The molecule has 4 heteroatoms. The molecule has 0 N–H and O–H groups in total. The van der Waals surface area contributed by atoms with Gasteiger partial charge in [0, 0.05) is 11.1 Å². The van der Waals surface area contributed by atoms with E-state index in [4.69, 9.17) is 7.85 Å². The number of hydrogen-bond acceptors (Lipinski definition) is 0. The van der Waals surface area contributed by atoms with Crippen molar-refractivity contribution in [3.8, 4) is 22.3 Å². The van der Waals surface area contributed by atoms with Crippen LogP contribution in [0, 0.1) is 35.2 Å². The van der Waals surface area contributed by atoms with Gasteiger partial charge in [0.05, 0.1) is 7.85 Å². The maximum absolute atomic E-state index is 15.3. The van der Waals surface area contributed by atoms with Crippen molar-refractivity contribution in [1.82, 2.24) is 0 Å². The second-order valence-electron chi connectivity index (χ2n) is 11.3. The first kappa shape index (κ1) is 27.6. The second-order valence-corrected chi connectivity index (χ2v) is 11.3. The molecule has 200 valence electrons. The molecule has 0 nitrogen and oxygen atoms in total. The van der Waals surface area contributed by atoms with Gasteiger partial charge in [-0.25, -0.2) is 13.2 Å². The van der Waals surface area contributed by atoms with Crippen LogP contribution >= 0.6 is 0 Å². The van der Waals surface area contributed by atoms with Gasteiger partial charge in [-0.3, -0.25) is 0 Å². The number of rotatable bonds is 8. The average Bonchev–Trinajstić information content (AvgIpc) is 2.98. The normalized spacial score (nSPS) is 21.4. The predicted molar refractivity (Wildman–Crippen MR) is 157 cm³/mol. The highest BCUT2D eigenvalue weighted by atomic mass is 19.2. The minimum absolute atomic E-state index is 0.0632. The van der Waals surface area contributed by atoms with Gasteiger partial charge in [0.1, 0.15) is 5.82 Å². The largest absolute Gasteiger partial charge is 0.206 e. The van der Waals surface area contributed by atoms with E-state index in [2.05, 4.69) is 12.7 Å². The summed E-state index contributed by atoms with van der Waals surface area (Å²) in [5.41, 5.74) is 4.22. The first-order chi connectivity index (χ1) is 19.0. The lowest BCUT2D eigenvalue weighted by atomic mass is 9.70. The van der Waals surface area contributed by atoms with Crippen LogP contribution in [0.4, 0.5) is 13.2 Å². The topological polar surface area (TPSA) is 0 Å². The molecule has 0 saturated heterocycles. The molecule has 1 fully saturated rings. The monoisotopic (exact) mass is 524 g/mol. The Balaban J connectivity index is 1.24. The molecule has 2 radical (unpaired) electrons. The Morgan fingerprint density at radius 2 is 1.44 bits per heavy atom. The van der Waals surface area contributed by atoms with Crippen LogP contribution in [0.25, 0.3) is 27.8 Å². The molecular formula is C35H36BF3. The summed E-state index contributed by atoms with van der Waals surface area (Å²) in [6, 6.07) is 15.4. The molecule has 0 bridgehead atoms. The summed E-state index contributed by atoms with van der Waals surface area (Å²) >= 11 is 0. The molecule has 1 saturated carbocycles. The minimum Gasteiger partial charge on any atom is -0.206 e. The lowest BCUT2D eigenvalue weighted by Gasteiger charge is -2.35. The van der Waals surface area contributed by atoms with E-state index in [0.717, 1.165) is 42.6 Å². The maximum atomic E-state index is 15.3. The van der Waals surface area contributed by atoms with Crippen LogP contribution in [0.3, 0.4) is 0 Å². The van der Waals surface area contributed by atoms with E-state index in [1.807, 2.05) is 18.2 Å². The van der Waals surface area contributed by atoms with Crippen molar-refractivity contribution < 1.29 is 13.2 Å². The van der Waals surface area contributed by atoms with Crippen LogP contribution in [-0.2, 0) is 6.32 Å². The molecule has 2 aliphatic carbocycles. The summed E-state index contributed by atoms with van der Waals surface area (Å²) in [7, 11) is 5.47. The Hall–Kier alpha value is -3.01. The molecule has 0 spiro atoms. The van der Waals surface area contributed by atoms with Gasteiger partial charge >= 0.3 is 0 Å². The van der Waals surface area contributed by atoms with Crippen molar-refractivity contribution in [2.75, 3.05) is 0 Å². The number of hydrogen-bond donors (Lipinski definition) is 0. The maximum Gasteiger partial charge on any atom is 0.166 e. The van der Waals surface area contributed by atoms with Gasteiger partial charge in [-0.2, -0.15) is 0 Å². The van der Waals surface area contributed by atoms with Crippen LogP contribution in [0.15, 0.2) is 73.3 Å². The molecule has 0 heterocycles. The molecule has 2 aliphatic rings. The van der Waals surface area contributed by atoms with Crippen LogP contribution in [0.5, 0.6) is 0 Å². The third kappa shape index (κ3) is 6.11. The Morgan fingerprint density at radius 3 is 2.05 bits per heavy atom. The fourth-order valence-electron chi connectivity index (χ4n) is 6.60. The fraction of sp³-hybridized carbons (Fsp3) is 0.371. The van der Waals surface area contributed by atoms with Gasteiger partial charge in [-0.15, -0.1) is 6.58 Å². The van der Waals surface area contributed by atoms with Crippen molar-refractivity contribution in [3.05, 3.63) is 102 Å². The molecule has 0 aliphatic heterocycles. The van der Waals surface area contributed by atoms with Crippen molar-refractivity contribution in [2.45, 2.75) is 64.1 Å². The van der Waals surface area contributed by atoms with Crippen LogP contribution < -0.4 is 0 Å². The van der Waals surface area contributed by atoms with Gasteiger partial charge in [-0.1, -0.05) is 79.8 Å². The summed E-state index contributed by atoms with van der Waals surface area (Å²) in [6.07, 6.45) is 15.4. The molecule has 0 amide bonds. The zero-order chi connectivity index (χ0) is 27.4. The van der Waals surface area contributed by atoms with Gasteiger partial charge in [0.25, 0.3) is 0 Å². The molecule has 5 rings (SSSR count). The van der Waals surface area contributed by atoms with E-state index < -0.39 is 11.6 Å². The Kier molecular flexibility index (Phi) is 8.80. The van der Waals surface area contributed by atoms with Crippen molar-refractivity contribution in [3.63, 3.8) is 0 Å². The first-order valence-electron chi connectivity index (χ1n) is 14.4. The van der Waals surface area contributed by atoms with E-state index in [1.165, 1.54) is 56.2 Å². The van der Waals surface area contributed by atoms with Crippen molar-refractivity contribution in [2.24, 2.45) is 17.8 Å². The summed E-state index contributed by atoms with van der Waals surface area (Å²) < 4.78 is 44.0. The number of benzene rings is 3. The van der Waals surface area contributed by atoms with Gasteiger partial charge in [-0.05, 0) is 96.6 Å². The summed E-state index contributed by atoms with van der Waals surface area (Å²) in [5.74, 6) is 0.343. The van der Waals surface area contributed by atoms with Gasteiger partial charge in [0.15, 0.2) is 11.6 Å². The minimum atomic E-state index is -0.921. The molecule has 1 atom stereocenters. The van der Waals surface area contributed by atoms with Crippen LogP contribution in [0.1, 0.15) is 68.9 Å². The lowest BCUT2D eigenvalue weighted by Crippen LogP contribution is -2.23. The van der Waals surface area contributed by atoms with E-state index in [-0.39, 0.29) is 23.3 Å². The van der Waals surface area contributed by atoms with Crippen molar-refractivity contribution in [1.29, 1.82) is 0 Å². The van der Waals surface area contributed by atoms with Gasteiger partial charge in [0.2, 0.25) is 0 Å².